The lowest BCUT2D eigenvalue weighted by atomic mass is 10.0. The maximum absolute atomic E-state index is 6.39. The van der Waals surface area contributed by atoms with Gasteiger partial charge in [-0.2, -0.15) is 0 Å². The minimum absolute atomic E-state index is 0.183. The summed E-state index contributed by atoms with van der Waals surface area (Å²) in [6.45, 7) is 0. The Balaban J connectivity index is 1.74. The van der Waals surface area contributed by atoms with Gasteiger partial charge in [0.25, 0.3) is 0 Å². The second kappa shape index (κ2) is 7.57. The van der Waals surface area contributed by atoms with E-state index in [1.165, 1.54) is 11.1 Å². The molecule has 0 radical (unpaired) electrons. The van der Waals surface area contributed by atoms with Crippen LogP contribution in [0, 0.1) is 0 Å². The van der Waals surface area contributed by atoms with E-state index in [-0.39, 0.29) is 5.38 Å². The van der Waals surface area contributed by atoms with Gasteiger partial charge >= 0.3 is 0 Å². The molecule has 0 N–H and O–H groups in total. The molecule has 2 aromatic rings. The van der Waals surface area contributed by atoms with E-state index < -0.39 is 0 Å². The van der Waals surface area contributed by atoms with Crippen molar-refractivity contribution in [1.82, 2.24) is 0 Å². The average Bonchev–Trinajstić information content (AvgIpc) is 2.40. The quantitative estimate of drug-likeness (QED) is 0.616. The topological polar surface area (TPSA) is 0 Å². The van der Waals surface area contributed by atoms with E-state index in [1.54, 1.807) is 0 Å². The Morgan fingerprint density at radius 1 is 0.895 bits per heavy atom. The van der Waals surface area contributed by atoms with E-state index in [0.717, 1.165) is 30.7 Å². The first-order chi connectivity index (χ1) is 9.24. The Morgan fingerprint density at radius 2 is 1.63 bits per heavy atom. The van der Waals surface area contributed by atoms with Crippen molar-refractivity contribution < 1.29 is 0 Å². The molecule has 0 aliphatic heterocycles. The first-order valence-electron chi connectivity index (χ1n) is 6.66. The highest BCUT2D eigenvalue weighted by atomic mass is 35.5. The van der Waals surface area contributed by atoms with E-state index in [4.69, 9.17) is 23.2 Å². The highest BCUT2D eigenvalue weighted by Gasteiger charge is 2.06. The smallest absolute Gasteiger partial charge is 0.0408 e. The molecule has 0 nitrogen and oxygen atoms in total. The molecule has 2 aromatic carbocycles. The van der Waals surface area contributed by atoms with Gasteiger partial charge in [-0.05, 0) is 48.9 Å². The third kappa shape index (κ3) is 5.26. The summed E-state index contributed by atoms with van der Waals surface area (Å²) in [5, 5.41) is 0.966. The van der Waals surface area contributed by atoms with Gasteiger partial charge in [0.15, 0.2) is 0 Å². The standard InChI is InChI=1S/C17H18Cl2/c18-16(12-15-9-5-11-17(19)13-15)10-4-8-14-6-2-1-3-7-14/h1-3,5-7,9,11,13,16H,4,8,10,12H2. The van der Waals surface area contributed by atoms with E-state index in [0.29, 0.717) is 0 Å². The van der Waals surface area contributed by atoms with Crippen molar-refractivity contribution in [3.05, 3.63) is 70.7 Å². The summed E-state index contributed by atoms with van der Waals surface area (Å²) in [7, 11) is 0. The van der Waals surface area contributed by atoms with Crippen LogP contribution in [0.15, 0.2) is 54.6 Å². The first kappa shape index (κ1) is 14.4. The van der Waals surface area contributed by atoms with Crippen LogP contribution in [-0.2, 0) is 12.8 Å². The molecule has 100 valence electrons. The first-order valence-corrected chi connectivity index (χ1v) is 7.48. The fourth-order valence-corrected chi connectivity index (χ4v) is 2.74. The summed E-state index contributed by atoms with van der Waals surface area (Å²) in [4.78, 5) is 0. The van der Waals surface area contributed by atoms with Crippen LogP contribution >= 0.6 is 23.2 Å². The molecular weight excluding hydrogens is 275 g/mol. The molecule has 0 bridgehead atoms. The Morgan fingerprint density at radius 3 is 2.37 bits per heavy atom. The lowest BCUT2D eigenvalue weighted by Crippen LogP contribution is -2.04. The molecule has 0 aromatic heterocycles. The molecule has 0 saturated heterocycles. The Labute approximate surface area is 125 Å². The normalized spacial score (nSPS) is 12.3. The molecule has 2 heteroatoms. The van der Waals surface area contributed by atoms with Crippen LogP contribution in [0.25, 0.3) is 0 Å². The summed E-state index contributed by atoms with van der Waals surface area (Å²) in [6.07, 6.45) is 4.14. The Hall–Kier alpha value is -0.980. The summed E-state index contributed by atoms with van der Waals surface area (Å²) in [6, 6.07) is 18.5. The highest BCUT2D eigenvalue weighted by molar-refractivity contribution is 6.30. The van der Waals surface area contributed by atoms with E-state index in [2.05, 4.69) is 30.3 Å². The fraction of sp³-hybridized carbons (Fsp3) is 0.294. The van der Waals surface area contributed by atoms with Crippen molar-refractivity contribution in [2.45, 2.75) is 31.1 Å². The summed E-state index contributed by atoms with van der Waals surface area (Å²) >= 11 is 12.4. The predicted molar refractivity (Wildman–Crippen MR) is 84.2 cm³/mol. The monoisotopic (exact) mass is 292 g/mol. The molecular formula is C17H18Cl2. The van der Waals surface area contributed by atoms with Gasteiger partial charge in [0, 0.05) is 10.4 Å². The number of halogens is 2. The number of hydrogen-bond acceptors (Lipinski definition) is 0. The maximum atomic E-state index is 6.39. The van der Waals surface area contributed by atoms with E-state index in [1.807, 2.05) is 24.3 Å². The minimum Gasteiger partial charge on any atom is -0.123 e. The van der Waals surface area contributed by atoms with Gasteiger partial charge in [-0.15, -0.1) is 11.6 Å². The van der Waals surface area contributed by atoms with Crippen LogP contribution in [-0.4, -0.2) is 5.38 Å². The summed E-state index contributed by atoms with van der Waals surface area (Å²) in [5.41, 5.74) is 2.60. The SMILES string of the molecule is Clc1cccc(CC(Cl)CCCc2ccccc2)c1. The van der Waals surface area contributed by atoms with Crippen LogP contribution in [0.2, 0.25) is 5.02 Å². The summed E-state index contributed by atoms with van der Waals surface area (Å²) < 4.78 is 0. The van der Waals surface area contributed by atoms with Crippen LogP contribution < -0.4 is 0 Å². The Kier molecular flexibility index (Phi) is 5.75. The largest absolute Gasteiger partial charge is 0.123 e. The van der Waals surface area contributed by atoms with Gasteiger partial charge in [-0.3, -0.25) is 0 Å². The van der Waals surface area contributed by atoms with Crippen LogP contribution in [0.5, 0.6) is 0 Å². The molecule has 0 heterocycles. The number of hydrogen-bond donors (Lipinski definition) is 0. The van der Waals surface area contributed by atoms with E-state index in [9.17, 15) is 0 Å². The van der Waals surface area contributed by atoms with Crippen molar-refractivity contribution in [2.24, 2.45) is 0 Å². The maximum Gasteiger partial charge on any atom is 0.0408 e. The zero-order valence-electron chi connectivity index (χ0n) is 10.9. The van der Waals surface area contributed by atoms with Crippen LogP contribution in [0.1, 0.15) is 24.0 Å². The highest BCUT2D eigenvalue weighted by Crippen LogP contribution is 2.18. The van der Waals surface area contributed by atoms with Crippen LogP contribution in [0.4, 0.5) is 0 Å². The van der Waals surface area contributed by atoms with Gasteiger partial charge in [0.05, 0.1) is 0 Å². The van der Waals surface area contributed by atoms with Gasteiger partial charge in [0.2, 0.25) is 0 Å². The molecule has 1 atom stereocenters. The molecule has 0 aliphatic carbocycles. The second-order valence-corrected chi connectivity index (χ2v) is 5.86. The molecule has 19 heavy (non-hydrogen) atoms. The van der Waals surface area contributed by atoms with Gasteiger partial charge in [-0.1, -0.05) is 54.1 Å². The van der Waals surface area contributed by atoms with Crippen LogP contribution in [0.3, 0.4) is 0 Å². The van der Waals surface area contributed by atoms with Gasteiger partial charge in [-0.25, -0.2) is 0 Å². The fourth-order valence-electron chi connectivity index (χ4n) is 2.19. The summed E-state index contributed by atoms with van der Waals surface area (Å²) in [5.74, 6) is 0. The Bertz CT molecular complexity index is 494. The van der Waals surface area contributed by atoms with Gasteiger partial charge in [0.1, 0.15) is 0 Å². The van der Waals surface area contributed by atoms with Crippen molar-refractivity contribution >= 4 is 23.2 Å². The molecule has 0 fully saturated rings. The van der Waals surface area contributed by atoms with Crippen molar-refractivity contribution in [3.63, 3.8) is 0 Å². The lowest BCUT2D eigenvalue weighted by molar-refractivity contribution is 0.686. The lowest BCUT2D eigenvalue weighted by Gasteiger charge is -2.09. The zero-order valence-corrected chi connectivity index (χ0v) is 12.4. The number of benzene rings is 2. The third-order valence-electron chi connectivity index (χ3n) is 3.17. The molecule has 0 spiro atoms. The molecule has 1 unspecified atom stereocenters. The zero-order chi connectivity index (χ0) is 13.5. The average molecular weight is 293 g/mol. The van der Waals surface area contributed by atoms with Crippen molar-refractivity contribution in [3.8, 4) is 0 Å². The van der Waals surface area contributed by atoms with Crippen molar-refractivity contribution in [2.75, 3.05) is 0 Å². The third-order valence-corrected chi connectivity index (χ3v) is 3.78. The minimum atomic E-state index is 0.183. The van der Waals surface area contributed by atoms with E-state index >= 15 is 0 Å². The number of alkyl halides is 1. The molecule has 0 amide bonds. The number of aryl methyl sites for hydroxylation is 1. The molecule has 2 rings (SSSR count). The molecule has 0 aliphatic rings. The number of rotatable bonds is 6. The molecule has 0 saturated carbocycles. The second-order valence-electron chi connectivity index (χ2n) is 4.81. The predicted octanol–water partition coefficient (Wildman–Crippen LogP) is 5.51. The van der Waals surface area contributed by atoms with Crippen molar-refractivity contribution in [1.29, 1.82) is 0 Å². The van der Waals surface area contributed by atoms with Gasteiger partial charge < -0.3 is 0 Å².